The van der Waals surface area contributed by atoms with Gasteiger partial charge in [0.05, 0.1) is 0 Å². The number of para-hydroxylation sites is 1. The van der Waals surface area contributed by atoms with Crippen molar-refractivity contribution < 1.29 is 5.11 Å². The van der Waals surface area contributed by atoms with E-state index in [2.05, 4.69) is 4.98 Å². The van der Waals surface area contributed by atoms with Crippen LogP contribution in [-0.4, -0.2) is 10.1 Å². The monoisotopic (exact) mass is 185 g/mol. The van der Waals surface area contributed by atoms with Crippen molar-refractivity contribution in [3.63, 3.8) is 0 Å². The van der Waals surface area contributed by atoms with E-state index in [4.69, 9.17) is 0 Å². The summed E-state index contributed by atoms with van der Waals surface area (Å²) in [5.41, 5.74) is 2.10. The molecule has 0 spiro atoms. The van der Waals surface area contributed by atoms with Gasteiger partial charge in [0, 0.05) is 18.8 Å². The van der Waals surface area contributed by atoms with Crippen molar-refractivity contribution in [2.24, 2.45) is 0 Å². The summed E-state index contributed by atoms with van der Waals surface area (Å²) < 4.78 is 0. The lowest BCUT2D eigenvalue weighted by Gasteiger charge is -2.03. The van der Waals surface area contributed by atoms with Gasteiger partial charge >= 0.3 is 0 Å². The van der Waals surface area contributed by atoms with Crippen molar-refractivity contribution in [2.45, 2.75) is 6.42 Å². The molecule has 0 unspecified atom stereocenters. The summed E-state index contributed by atoms with van der Waals surface area (Å²) in [6.45, 7) is 0. The van der Waals surface area contributed by atoms with Gasteiger partial charge in [0.15, 0.2) is 0 Å². The second-order valence-corrected chi connectivity index (χ2v) is 3.16. The fourth-order valence-corrected chi connectivity index (χ4v) is 1.38. The molecule has 0 aliphatic rings. The molecule has 14 heavy (non-hydrogen) atoms. The molecule has 1 N–H and O–H groups in total. The summed E-state index contributed by atoms with van der Waals surface area (Å²) in [7, 11) is 0. The van der Waals surface area contributed by atoms with Crippen LogP contribution in [0.2, 0.25) is 0 Å². The summed E-state index contributed by atoms with van der Waals surface area (Å²) >= 11 is 0. The number of hydrogen-bond donors (Lipinski definition) is 1. The van der Waals surface area contributed by atoms with Gasteiger partial charge in [0.25, 0.3) is 0 Å². The van der Waals surface area contributed by atoms with E-state index in [0.717, 1.165) is 17.5 Å². The van der Waals surface area contributed by atoms with E-state index < -0.39 is 0 Å². The zero-order chi connectivity index (χ0) is 9.80. The molecule has 0 radical (unpaired) electrons. The first-order valence-corrected chi connectivity index (χ1v) is 4.52. The van der Waals surface area contributed by atoms with Crippen LogP contribution >= 0.6 is 0 Å². The summed E-state index contributed by atoms with van der Waals surface area (Å²) in [6.07, 6.45) is 4.26. The van der Waals surface area contributed by atoms with Gasteiger partial charge < -0.3 is 5.11 Å². The molecule has 1 aromatic heterocycles. The van der Waals surface area contributed by atoms with E-state index in [0.29, 0.717) is 5.75 Å². The van der Waals surface area contributed by atoms with Gasteiger partial charge in [-0.3, -0.25) is 4.98 Å². The first-order chi connectivity index (χ1) is 6.86. The lowest BCUT2D eigenvalue weighted by atomic mass is 10.1. The van der Waals surface area contributed by atoms with Crippen LogP contribution < -0.4 is 0 Å². The average Bonchev–Trinajstić information content (AvgIpc) is 2.23. The summed E-state index contributed by atoms with van der Waals surface area (Å²) in [5.74, 6) is 0.351. The number of phenolic OH excluding ortho intramolecular Hbond substituents is 1. The van der Waals surface area contributed by atoms with Gasteiger partial charge in [-0.25, -0.2) is 0 Å². The number of aromatic nitrogens is 1. The smallest absolute Gasteiger partial charge is 0.119 e. The van der Waals surface area contributed by atoms with E-state index in [1.807, 2.05) is 30.3 Å². The zero-order valence-corrected chi connectivity index (χ0v) is 7.72. The average molecular weight is 185 g/mol. The van der Waals surface area contributed by atoms with Gasteiger partial charge in [0.2, 0.25) is 0 Å². The van der Waals surface area contributed by atoms with Crippen LogP contribution in [0.5, 0.6) is 5.75 Å². The van der Waals surface area contributed by atoms with E-state index in [1.54, 1.807) is 18.5 Å². The Balaban J connectivity index is 2.24. The number of aromatic hydroxyl groups is 1. The Morgan fingerprint density at radius 3 is 2.43 bits per heavy atom. The third-order valence-electron chi connectivity index (χ3n) is 2.14. The van der Waals surface area contributed by atoms with Crippen molar-refractivity contribution >= 4 is 0 Å². The first kappa shape index (κ1) is 8.75. The second-order valence-electron chi connectivity index (χ2n) is 3.16. The molecule has 0 fully saturated rings. The van der Waals surface area contributed by atoms with Crippen molar-refractivity contribution in [1.82, 2.24) is 4.98 Å². The standard InChI is InChI=1S/C12H11NO/c14-12-4-2-1-3-11(12)9-10-5-7-13-8-6-10/h1-8,14H,9H2. The SMILES string of the molecule is Oc1ccccc1Cc1ccncc1. The second kappa shape index (κ2) is 3.92. The van der Waals surface area contributed by atoms with Crippen LogP contribution in [0.4, 0.5) is 0 Å². The Hall–Kier alpha value is -1.83. The maximum absolute atomic E-state index is 9.56. The highest BCUT2D eigenvalue weighted by molar-refractivity contribution is 5.35. The molecule has 0 saturated heterocycles. The molecule has 70 valence electrons. The number of nitrogens with zero attached hydrogens (tertiary/aromatic N) is 1. The zero-order valence-electron chi connectivity index (χ0n) is 7.72. The molecule has 0 atom stereocenters. The predicted molar refractivity (Wildman–Crippen MR) is 55.1 cm³/mol. The number of rotatable bonds is 2. The van der Waals surface area contributed by atoms with Gasteiger partial charge in [-0.15, -0.1) is 0 Å². The van der Waals surface area contributed by atoms with Crippen molar-refractivity contribution in [1.29, 1.82) is 0 Å². The molecule has 0 amide bonds. The molecule has 2 nitrogen and oxygen atoms in total. The number of phenols is 1. The van der Waals surface area contributed by atoms with Crippen LogP contribution in [0.3, 0.4) is 0 Å². The molecule has 0 aliphatic carbocycles. The minimum Gasteiger partial charge on any atom is -0.508 e. The number of pyridine rings is 1. The highest BCUT2D eigenvalue weighted by atomic mass is 16.3. The minimum absolute atomic E-state index is 0.351. The van der Waals surface area contributed by atoms with E-state index in [-0.39, 0.29) is 0 Å². The van der Waals surface area contributed by atoms with Gasteiger partial charge in [-0.1, -0.05) is 18.2 Å². The van der Waals surface area contributed by atoms with Crippen molar-refractivity contribution in [3.8, 4) is 5.75 Å². The Bertz CT molecular complexity index is 412. The lowest BCUT2D eigenvalue weighted by Crippen LogP contribution is -1.88. The third kappa shape index (κ3) is 1.91. The number of benzene rings is 1. The highest BCUT2D eigenvalue weighted by Crippen LogP contribution is 2.18. The van der Waals surface area contributed by atoms with Crippen LogP contribution in [0, 0.1) is 0 Å². The van der Waals surface area contributed by atoms with Crippen LogP contribution in [0.25, 0.3) is 0 Å². The Morgan fingerprint density at radius 2 is 1.71 bits per heavy atom. The Morgan fingerprint density at radius 1 is 1.00 bits per heavy atom. The topological polar surface area (TPSA) is 33.1 Å². The quantitative estimate of drug-likeness (QED) is 0.779. The fraction of sp³-hybridized carbons (Fsp3) is 0.0833. The molecule has 2 rings (SSSR count). The molecular formula is C12H11NO. The molecular weight excluding hydrogens is 174 g/mol. The van der Waals surface area contributed by atoms with E-state index in [1.165, 1.54) is 0 Å². The minimum atomic E-state index is 0.351. The van der Waals surface area contributed by atoms with Crippen LogP contribution in [0.1, 0.15) is 11.1 Å². The molecule has 0 saturated carbocycles. The molecule has 0 aliphatic heterocycles. The van der Waals surface area contributed by atoms with Crippen molar-refractivity contribution in [3.05, 3.63) is 59.9 Å². The summed E-state index contributed by atoms with van der Waals surface area (Å²) in [5, 5.41) is 9.56. The molecule has 1 aromatic carbocycles. The normalized spacial score (nSPS) is 10.0. The molecule has 0 bridgehead atoms. The largest absolute Gasteiger partial charge is 0.508 e. The van der Waals surface area contributed by atoms with E-state index >= 15 is 0 Å². The van der Waals surface area contributed by atoms with Gasteiger partial charge in [0.1, 0.15) is 5.75 Å². The van der Waals surface area contributed by atoms with Crippen LogP contribution in [0.15, 0.2) is 48.8 Å². The lowest BCUT2D eigenvalue weighted by molar-refractivity contribution is 0.469. The van der Waals surface area contributed by atoms with Gasteiger partial charge in [-0.2, -0.15) is 0 Å². The summed E-state index contributed by atoms with van der Waals surface area (Å²) in [4.78, 5) is 3.95. The predicted octanol–water partition coefficient (Wildman–Crippen LogP) is 2.38. The van der Waals surface area contributed by atoms with E-state index in [9.17, 15) is 5.11 Å². The highest BCUT2D eigenvalue weighted by Gasteiger charge is 2.00. The van der Waals surface area contributed by atoms with Gasteiger partial charge in [-0.05, 0) is 29.3 Å². The maximum atomic E-state index is 9.56. The molecule has 2 aromatic rings. The number of hydrogen-bond acceptors (Lipinski definition) is 2. The summed E-state index contributed by atoms with van der Waals surface area (Å²) in [6, 6.07) is 11.3. The van der Waals surface area contributed by atoms with Crippen LogP contribution in [-0.2, 0) is 6.42 Å². The third-order valence-corrected chi connectivity index (χ3v) is 2.14. The Labute approximate surface area is 82.9 Å². The molecule has 2 heteroatoms. The first-order valence-electron chi connectivity index (χ1n) is 4.52. The molecule has 1 heterocycles. The van der Waals surface area contributed by atoms with Crippen molar-refractivity contribution in [2.75, 3.05) is 0 Å². The fourth-order valence-electron chi connectivity index (χ4n) is 1.38. The maximum Gasteiger partial charge on any atom is 0.119 e. The Kier molecular flexibility index (Phi) is 2.45.